The third-order valence-corrected chi connectivity index (χ3v) is 10.0. The van der Waals surface area contributed by atoms with Crippen LogP contribution in [0.15, 0.2) is 67.3 Å². The van der Waals surface area contributed by atoms with Gasteiger partial charge in [0.1, 0.15) is 5.82 Å². The minimum absolute atomic E-state index is 0.218. The number of unbranched alkanes of at least 4 members (excludes halogenated alkanes) is 3. The van der Waals surface area contributed by atoms with E-state index >= 15 is 4.39 Å². The molecule has 218 valence electrons. The fourth-order valence-electron chi connectivity index (χ4n) is 7.37. The van der Waals surface area contributed by atoms with Gasteiger partial charge >= 0.3 is 0 Å². The largest absolute Gasteiger partial charge is 0.206 e. The van der Waals surface area contributed by atoms with Crippen molar-refractivity contribution < 1.29 is 13.2 Å². The van der Waals surface area contributed by atoms with Crippen LogP contribution in [0.2, 0.25) is 0 Å². The molecule has 0 amide bonds. The van der Waals surface area contributed by atoms with Gasteiger partial charge in [0, 0.05) is 11.1 Å². The summed E-state index contributed by atoms with van der Waals surface area (Å²) in [6.07, 6.45) is 16.8. The summed E-state index contributed by atoms with van der Waals surface area (Å²) in [6, 6.07) is 16.2. The van der Waals surface area contributed by atoms with E-state index in [-0.39, 0.29) is 11.4 Å². The average molecular weight is 559 g/mol. The Kier molecular flexibility index (Phi) is 10.1. The van der Waals surface area contributed by atoms with Crippen LogP contribution in [0.4, 0.5) is 13.2 Å². The van der Waals surface area contributed by atoms with Gasteiger partial charge in [-0.05, 0) is 116 Å². The molecule has 0 saturated heterocycles. The van der Waals surface area contributed by atoms with Gasteiger partial charge in [-0.1, -0.05) is 80.8 Å². The number of allylic oxidation sites excluding steroid dienone is 1. The van der Waals surface area contributed by atoms with Gasteiger partial charge < -0.3 is 0 Å². The molecule has 0 bridgehead atoms. The molecule has 2 aliphatic rings. The van der Waals surface area contributed by atoms with Crippen molar-refractivity contribution in [3.05, 3.63) is 95.8 Å². The molecule has 0 heterocycles. The first-order valence-electron chi connectivity index (χ1n) is 16.0. The van der Waals surface area contributed by atoms with E-state index in [1.54, 1.807) is 42.5 Å². The van der Waals surface area contributed by atoms with Crippen LogP contribution in [0.3, 0.4) is 0 Å². The predicted molar refractivity (Wildman–Crippen MR) is 165 cm³/mol. The molecule has 3 aromatic rings. The van der Waals surface area contributed by atoms with Crippen LogP contribution in [0.5, 0.6) is 0 Å². The number of benzene rings is 3. The van der Waals surface area contributed by atoms with E-state index in [9.17, 15) is 8.78 Å². The molecule has 3 heteroatoms. The first kappa shape index (κ1) is 29.7. The van der Waals surface area contributed by atoms with E-state index in [1.807, 2.05) is 6.07 Å². The summed E-state index contributed by atoms with van der Waals surface area (Å²) in [6.45, 7) is 6.11. The van der Waals surface area contributed by atoms with Gasteiger partial charge in [-0.15, -0.1) is 6.58 Å². The minimum atomic E-state index is -0.805. The molecule has 0 aromatic heterocycles. The van der Waals surface area contributed by atoms with E-state index in [2.05, 4.69) is 25.6 Å². The van der Waals surface area contributed by atoms with Crippen LogP contribution in [0.1, 0.15) is 101 Å². The van der Waals surface area contributed by atoms with Crippen LogP contribution in [0.25, 0.3) is 22.3 Å². The molecule has 41 heavy (non-hydrogen) atoms. The highest BCUT2D eigenvalue weighted by atomic mass is 19.2. The van der Waals surface area contributed by atoms with Crippen molar-refractivity contribution in [1.29, 1.82) is 0 Å². The fraction of sp³-hybridized carbons (Fsp3) is 0.474. The highest BCUT2D eigenvalue weighted by Crippen LogP contribution is 2.44. The van der Waals surface area contributed by atoms with Crippen molar-refractivity contribution in [1.82, 2.24) is 0 Å². The lowest BCUT2D eigenvalue weighted by molar-refractivity contribution is 0.171. The van der Waals surface area contributed by atoms with E-state index in [0.717, 1.165) is 61.5 Å². The summed E-state index contributed by atoms with van der Waals surface area (Å²) in [5.74, 6) is 1.03. The average Bonchev–Trinajstić information content (AvgIpc) is 3.01. The number of aryl methyl sites for hydroxylation is 1. The Bertz CT molecular complexity index is 1290. The number of halogens is 3. The molecular formula is C38H45F3. The van der Waals surface area contributed by atoms with Crippen molar-refractivity contribution in [2.24, 2.45) is 17.8 Å². The van der Waals surface area contributed by atoms with E-state index in [1.165, 1.54) is 38.5 Å². The molecule has 0 aliphatic heterocycles. The van der Waals surface area contributed by atoms with Gasteiger partial charge in [0.05, 0.1) is 0 Å². The van der Waals surface area contributed by atoms with Crippen LogP contribution >= 0.6 is 0 Å². The minimum Gasteiger partial charge on any atom is -0.206 e. The monoisotopic (exact) mass is 558 g/mol. The summed E-state index contributed by atoms with van der Waals surface area (Å²) in [7, 11) is 0. The highest BCUT2D eigenvalue weighted by molar-refractivity contribution is 5.71. The lowest BCUT2D eigenvalue weighted by Gasteiger charge is -2.37. The highest BCUT2D eigenvalue weighted by Gasteiger charge is 2.31. The first-order valence-corrected chi connectivity index (χ1v) is 16.0. The summed E-state index contributed by atoms with van der Waals surface area (Å²) in [5.41, 5.74) is 3.65. The zero-order valence-electron chi connectivity index (χ0n) is 24.6. The van der Waals surface area contributed by atoms with Gasteiger partial charge in [0.25, 0.3) is 0 Å². The van der Waals surface area contributed by atoms with Crippen LogP contribution in [0, 0.1) is 35.2 Å². The van der Waals surface area contributed by atoms with Crippen LogP contribution in [-0.4, -0.2) is 0 Å². The van der Waals surface area contributed by atoms with Gasteiger partial charge in [0.15, 0.2) is 11.6 Å². The first-order chi connectivity index (χ1) is 20.0. The Morgan fingerprint density at radius 1 is 0.683 bits per heavy atom. The van der Waals surface area contributed by atoms with Crippen molar-refractivity contribution in [2.45, 2.75) is 96.3 Å². The number of hydrogen-bond donors (Lipinski definition) is 0. The molecule has 2 saturated carbocycles. The summed E-state index contributed by atoms with van der Waals surface area (Å²) < 4.78 is 45.1. The lowest BCUT2D eigenvalue weighted by Crippen LogP contribution is -2.25. The zero-order chi connectivity index (χ0) is 28.8. The molecular weight excluding hydrogens is 513 g/mol. The SMILES string of the molecule is C=CC1CCC(C2CCC(c3ccc(-c4ccc(-c5ccc(CCCCCC)c(F)c5F)cc4)c(F)c3)CC2)CC1. The maximum Gasteiger partial charge on any atom is 0.166 e. The maximum atomic E-state index is 15.3. The third kappa shape index (κ3) is 6.99. The molecule has 3 aromatic carbocycles. The Labute approximate surface area is 245 Å². The Hall–Kier alpha value is -2.81. The summed E-state index contributed by atoms with van der Waals surface area (Å²) in [5, 5.41) is 0. The molecule has 0 spiro atoms. The predicted octanol–water partition coefficient (Wildman–Crippen LogP) is 11.8. The van der Waals surface area contributed by atoms with Crippen molar-refractivity contribution in [3.8, 4) is 22.3 Å². The topological polar surface area (TPSA) is 0 Å². The molecule has 5 rings (SSSR count). The van der Waals surface area contributed by atoms with Gasteiger partial charge in [-0.2, -0.15) is 0 Å². The molecule has 0 radical (unpaired) electrons. The molecule has 0 nitrogen and oxygen atoms in total. The van der Waals surface area contributed by atoms with Gasteiger partial charge in [-0.25, -0.2) is 13.2 Å². The van der Waals surface area contributed by atoms with Crippen molar-refractivity contribution in [3.63, 3.8) is 0 Å². The molecule has 2 fully saturated rings. The Balaban J connectivity index is 1.21. The fourth-order valence-corrected chi connectivity index (χ4v) is 7.37. The van der Waals surface area contributed by atoms with Gasteiger partial charge in [-0.3, -0.25) is 0 Å². The standard InChI is InChI=1S/C38H45F3/c1-3-5-6-7-8-32-21-24-35(38(41)37(32)40)31-19-17-30(18-20-31)34-23-22-33(25-36(34)39)29-15-13-28(14-16-29)27-11-9-26(4-2)10-12-27/h4,17-29H,2-3,5-16H2,1H3. The van der Waals surface area contributed by atoms with Crippen molar-refractivity contribution >= 4 is 0 Å². The lowest BCUT2D eigenvalue weighted by atomic mass is 9.68. The molecule has 0 N–H and O–H groups in total. The molecule has 0 unspecified atom stereocenters. The number of rotatable bonds is 10. The second kappa shape index (κ2) is 13.9. The maximum absolute atomic E-state index is 15.3. The van der Waals surface area contributed by atoms with E-state index in [0.29, 0.717) is 34.9 Å². The smallest absolute Gasteiger partial charge is 0.166 e. The van der Waals surface area contributed by atoms with E-state index in [4.69, 9.17) is 0 Å². The summed E-state index contributed by atoms with van der Waals surface area (Å²) in [4.78, 5) is 0. The molecule has 0 atom stereocenters. The van der Waals surface area contributed by atoms with Gasteiger partial charge in [0.2, 0.25) is 0 Å². The van der Waals surface area contributed by atoms with Crippen LogP contribution < -0.4 is 0 Å². The second-order valence-electron chi connectivity index (χ2n) is 12.5. The number of hydrogen-bond acceptors (Lipinski definition) is 0. The second-order valence-corrected chi connectivity index (χ2v) is 12.5. The Morgan fingerprint density at radius 3 is 1.90 bits per heavy atom. The zero-order valence-corrected chi connectivity index (χ0v) is 24.6. The van der Waals surface area contributed by atoms with Crippen LogP contribution in [-0.2, 0) is 6.42 Å². The van der Waals surface area contributed by atoms with Crippen molar-refractivity contribution in [2.75, 3.05) is 0 Å². The quantitative estimate of drug-likeness (QED) is 0.171. The third-order valence-electron chi connectivity index (χ3n) is 10.0. The Morgan fingerprint density at radius 2 is 1.29 bits per heavy atom. The molecule has 2 aliphatic carbocycles. The summed E-state index contributed by atoms with van der Waals surface area (Å²) >= 11 is 0. The van der Waals surface area contributed by atoms with E-state index < -0.39 is 11.6 Å². The normalized spacial score (nSPS) is 22.9.